The summed E-state index contributed by atoms with van der Waals surface area (Å²) in [5.41, 5.74) is 3.64. The summed E-state index contributed by atoms with van der Waals surface area (Å²) in [5, 5.41) is 3.44. The Morgan fingerprint density at radius 2 is 1.93 bits per heavy atom. The van der Waals surface area contributed by atoms with Gasteiger partial charge in [-0.1, -0.05) is 0 Å². The lowest BCUT2D eigenvalue weighted by atomic mass is 10.0. The third kappa shape index (κ3) is 4.80. The maximum absolute atomic E-state index is 12.9. The molecule has 0 radical (unpaired) electrons. The number of piperazine rings is 1. The predicted molar refractivity (Wildman–Crippen MR) is 110 cm³/mol. The molecule has 2 saturated heterocycles. The van der Waals surface area contributed by atoms with Gasteiger partial charge >= 0.3 is 0 Å². The number of pyridine rings is 1. The lowest BCUT2D eigenvalue weighted by Gasteiger charge is -2.36. The average molecular weight is 384 g/mol. The van der Waals surface area contributed by atoms with Crippen molar-refractivity contribution in [3.8, 4) is 5.75 Å². The molecule has 0 unspecified atom stereocenters. The zero-order valence-corrected chi connectivity index (χ0v) is 16.5. The Hall–Kier alpha value is -2.18. The van der Waals surface area contributed by atoms with E-state index in [2.05, 4.69) is 34.2 Å². The first-order valence-electron chi connectivity index (χ1n) is 10.2. The molecule has 2 aliphatic heterocycles. The highest BCUT2D eigenvalue weighted by Crippen LogP contribution is 2.26. The molecule has 1 aromatic carbocycles. The van der Waals surface area contributed by atoms with Crippen molar-refractivity contribution >= 4 is 5.69 Å². The fraction of sp³-hybridized carbons (Fsp3) is 0.500. The number of aromatic nitrogens is 1. The minimum absolute atomic E-state index is 0.234. The summed E-state index contributed by atoms with van der Waals surface area (Å²) in [6.07, 6.45) is 1.18. The fourth-order valence-electron chi connectivity index (χ4n) is 4.03. The van der Waals surface area contributed by atoms with Crippen LogP contribution < -0.4 is 15.0 Å². The summed E-state index contributed by atoms with van der Waals surface area (Å²) in [4.78, 5) is 9.68. The number of ether oxygens (including phenoxy) is 1. The van der Waals surface area contributed by atoms with Gasteiger partial charge in [-0.3, -0.25) is 9.88 Å². The molecule has 1 N–H and O–H groups in total. The molecule has 5 nitrogen and oxygen atoms in total. The molecule has 1 atom stereocenters. The third-order valence-corrected chi connectivity index (χ3v) is 5.66. The Balaban J connectivity index is 1.27. The molecule has 2 fully saturated rings. The summed E-state index contributed by atoms with van der Waals surface area (Å²) >= 11 is 0. The van der Waals surface area contributed by atoms with E-state index in [1.54, 1.807) is 12.1 Å². The van der Waals surface area contributed by atoms with Crippen LogP contribution in [-0.4, -0.2) is 62.3 Å². The number of halogens is 1. The highest BCUT2D eigenvalue weighted by molar-refractivity contribution is 5.49. The van der Waals surface area contributed by atoms with Crippen LogP contribution in [0, 0.1) is 12.7 Å². The number of anilines is 1. The lowest BCUT2D eigenvalue weighted by Crippen LogP contribution is -2.47. The minimum Gasteiger partial charge on any atom is -0.492 e. The van der Waals surface area contributed by atoms with Gasteiger partial charge in [0.25, 0.3) is 0 Å². The highest BCUT2D eigenvalue weighted by atomic mass is 19.1. The molecule has 1 aromatic heterocycles. The topological polar surface area (TPSA) is 40.6 Å². The van der Waals surface area contributed by atoms with Gasteiger partial charge in [0.15, 0.2) is 0 Å². The number of rotatable bonds is 6. The number of hydrogen-bond acceptors (Lipinski definition) is 5. The number of hydrogen-bond donors (Lipinski definition) is 1. The fourth-order valence-corrected chi connectivity index (χ4v) is 4.03. The molecule has 0 amide bonds. The summed E-state index contributed by atoms with van der Waals surface area (Å²) in [7, 11) is 0. The van der Waals surface area contributed by atoms with Crippen LogP contribution in [0.4, 0.5) is 10.1 Å². The molecule has 0 aliphatic carbocycles. The van der Waals surface area contributed by atoms with E-state index in [9.17, 15) is 4.39 Å². The maximum Gasteiger partial charge on any atom is 0.123 e. The van der Waals surface area contributed by atoms with E-state index in [-0.39, 0.29) is 5.82 Å². The summed E-state index contributed by atoms with van der Waals surface area (Å²) in [6, 6.07) is 10.7. The van der Waals surface area contributed by atoms with Crippen LogP contribution in [0.25, 0.3) is 0 Å². The number of aryl methyl sites for hydroxylation is 1. The van der Waals surface area contributed by atoms with E-state index in [0.29, 0.717) is 12.5 Å². The number of benzene rings is 1. The SMILES string of the molecule is Cc1cc(N2CCN(CCOc3ccc(F)cc3)CC2)cc([C@H]2CCNC2)n1. The smallest absolute Gasteiger partial charge is 0.123 e. The zero-order valence-electron chi connectivity index (χ0n) is 16.5. The van der Waals surface area contributed by atoms with Gasteiger partial charge < -0.3 is 15.0 Å². The molecule has 0 saturated carbocycles. The zero-order chi connectivity index (χ0) is 19.3. The van der Waals surface area contributed by atoms with Crippen LogP contribution in [0.3, 0.4) is 0 Å². The second kappa shape index (κ2) is 8.88. The summed E-state index contributed by atoms with van der Waals surface area (Å²) < 4.78 is 18.7. The monoisotopic (exact) mass is 384 g/mol. The molecule has 4 rings (SSSR count). The van der Waals surface area contributed by atoms with Gasteiger partial charge in [0.2, 0.25) is 0 Å². The Morgan fingerprint density at radius 1 is 1.14 bits per heavy atom. The third-order valence-electron chi connectivity index (χ3n) is 5.66. The van der Waals surface area contributed by atoms with Crippen molar-refractivity contribution in [1.82, 2.24) is 15.2 Å². The molecule has 2 aliphatic rings. The van der Waals surface area contributed by atoms with Crippen molar-refractivity contribution in [3.63, 3.8) is 0 Å². The van der Waals surface area contributed by atoms with Gasteiger partial charge in [0.1, 0.15) is 18.2 Å². The summed E-state index contributed by atoms with van der Waals surface area (Å²) in [5.74, 6) is 1.03. The molecule has 3 heterocycles. The molecular weight excluding hydrogens is 355 g/mol. The van der Waals surface area contributed by atoms with Crippen LogP contribution in [0.5, 0.6) is 5.75 Å². The van der Waals surface area contributed by atoms with Crippen molar-refractivity contribution < 1.29 is 9.13 Å². The normalized spacial score (nSPS) is 20.5. The first-order chi connectivity index (χ1) is 13.7. The molecular formula is C22H29FN4O. The van der Waals surface area contributed by atoms with Crippen molar-refractivity contribution in [1.29, 1.82) is 0 Å². The van der Waals surface area contributed by atoms with E-state index in [1.165, 1.54) is 29.9 Å². The second-order valence-electron chi connectivity index (χ2n) is 7.71. The maximum atomic E-state index is 12.9. The quantitative estimate of drug-likeness (QED) is 0.829. The average Bonchev–Trinajstić information content (AvgIpc) is 3.25. The van der Waals surface area contributed by atoms with Crippen LogP contribution in [0.1, 0.15) is 23.7 Å². The number of nitrogens with zero attached hydrogens (tertiary/aromatic N) is 3. The first-order valence-corrected chi connectivity index (χ1v) is 10.2. The first kappa shape index (κ1) is 19.2. The van der Waals surface area contributed by atoms with E-state index in [1.807, 2.05) is 0 Å². The molecule has 0 bridgehead atoms. The van der Waals surface area contributed by atoms with Crippen molar-refractivity contribution in [3.05, 3.63) is 53.6 Å². The van der Waals surface area contributed by atoms with Gasteiger partial charge in [-0.25, -0.2) is 4.39 Å². The van der Waals surface area contributed by atoms with E-state index in [0.717, 1.165) is 57.3 Å². The molecule has 0 spiro atoms. The van der Waals surface area contributed by atoms with E-state index < -0.39 is 0 Å². The lowest BCUT2D eigenvalue weighted by molar-refractivity contribution is 0.200. The molecule has 2 aromatic rings. The molecule has 150 valence electrons. The van der Waals surface area contributed by atoms with Crippen LogP contribution in [0.2, 0.25) is 0 Å². The highest BCUT2D eigenvalue weighted by Gasteiger charge is 2.22. The Morgan fingerprint density at radius 3 is 2.64 bits per heavy atom. The Labute approximate surface area is 166 Å². The van der Waals surface area contributed by atoms with Crippen LogP contribution in [-0.2, 0) is 0 Å². The van der Waals surface area contributed by atoms with E-state index >= 15 is 0 Å². The molecule has 28 heavy (non-hydrogen) atoms. The summed E-state index contributed by atoms with van der Waals surface area (Å²) in [6.45, 7) is 9.82. The van der Waals surface area contributed by atoms with Gasteiger partial charge in [0.05, 0.1) is 0 Å². The van der Waals surface area contributed by atoms with Gasteiger partial charge in [-0.2, -0.15) is 0 Å². The standard InChI is InChI=1S/C22H29FN4O/c1-17-14-20(15-22(25-17)18-6-7-24-16-18)27-10-8-26(9-11-27)12-13-28-21-4-2-19(23)3-5-21/h2-5,14-15,18,24H,6-13,16H2,1H3/t18-/m0/s1. The van der Waals surface area contributed by atoms with Crippen molar-refractivity contribution in [2.45, 2.75) is 19.3 Å². The van der Waals surface area contributed by atoms with E-state index in [4.69, 9.17) is 9.72 Å². The van der Waals surface area contributed by atoms with Crippen LogP contribution >= 0.6 is 0 Å². The van der Waals surface area contributed by atoms with Crippen molar-refractivity contribution in [2.24, 2.45) is 0 Å². The van der Waals surface area contributed by atoms with Crippen LogP contribution in [0.15, 0.2) is 36.4 Å². The van der Waals surface area contributed by atoms with Gasteiger partial charge in [-0.05, 0) is 56.3 Å². The Kier molecular flexibility index (Phi) is 6.07. The number of nitrogens with one attached hydrogen (secondary N) is 1. The van der Waals surface area contributed by atoms with Gasteiger partial charge in [-0.15, -0.1) is 0 Å². The second-order valence-corrected chi connectivity index (χ2v) is 7.71. The minimum atomic E-state index is -0.234. The molecule has 6 heteroatoms. The van der Waals surface area contributed by atoms with Crippen molar-refractivity contribution in [2.75, 3.05) is 57.3 Å². The Bertz CT molecular complexity index is 769. The van der Waals surface area contributed by atoms with Gasteiger partial charge in [0, 0.05) is 62.3 Å². The largest absolute Gasteiger partial charge is 0.492 e. The predicted octanol–water partition coefficient (Wildman–Crippen LogP) is 2.81.